The van der Waals surface area contributed by atoms with E-state index in [-0.39, 0.29) is 6.61 Å². The third-order valence-electron chi connectivity index (χ3n) is 5.94. The zero-order valence-corrected chi connectivity index (χ0v) is 18.9. The Morgan fingerprint density at radius 3 is 3.03 bits per heavy atom. The molecule has 0 saturated heterocycles. The van der Waals surface area contributed by atoms with Crippen molar-refractivity contribution in [2.24, 2.45) is 0 Å². The molecular formula is C25H25ClN2O2S. The minimum atomic E-state index is -0.543. The Labute approximate surface area is 190 Å². The largest absolute Gasteiger partial charge is 0.490 e. The highest BCUT2D eigenvalue weighted by atomic mass is 35.5. The van der Waals surface area contributed by atoms with Gasteiger partial charge in [-0.25, -0.2) is 0 Å². The lowest BCUT2D eigenvalue weighted by atomic mass is 9.99. The molecule has 0 amide bonds. The predicted octanol–water partition coefficient (Wildman–Crippen LogP) is 5.95. The first-order valence-corrected chi connectivity index (χ1v) is 11.8. The quantitative estimate of drug-likeness (QED) is 0.380. The molecule has 6 heteroatoms. The van der Waals surface area contributed by atoms with Crippen LogP contribution in [0.25, 0.3) is 26.6 Å². The molecule has 0 fully saturated rings. The summed E-state index contributed by atoms with van der Waals surface area (Å²) < 4.78 is 7.19. The number of aromatic nitrogens is 1. The van der Waals surface area contributed by atoms with Crippen LogP contribution >= 0.6 is 22.9 Å². The molecule has 2 aromatic heterocycles. The highest BCUT2D eigenvalue weighted by Crippen LogP contribution is 2.36. The van der Waals surface area contributed by atoms with E-state index in [2.05, 4.69) is 35.0 Å². The highest BCUT2D eigenvalue weighted by molar-refractivity contribution is 7.20. The molecule has 0 bridgehead atoms. The van der Waals surface area contributed by atoms with Crippen LogP contribution in [0, 0.1) is 0 Å². The molecule has 4 nitrogen and oxygen atoms in total. The predicted molar refractivity (Wildman–Crippen MR) is 130 cm³/mol. The maximum Gasteiger partial charge on any atom is 0.128 e. The van der Waals surface area contributed by atoms with Crippen molar-refractivity contribution in [1.29, 1.82) is 0 Å². The van der Waals surface area contributed by atoms with E-state index >= 15 is 0 Å². The van der Waals surface area contributed by atoms with Gasteiger partial charge in [-0.15, -0.1) is 11.3 Å². The lowest BCUT2D eigenvalue weighted by Crippen LogP contribution is -2.42. The number of halogens is 1. The minimum absolute atomic E-state index is 0.279. The number of hydrogen-bond acceptors (Lipinski definition) is 4. The lowest BCUT2D eigenvalue weighted by molar-refractivity contribution is 0.0593. The van der Waals surface area contributed by atoms with Gasteiger partial charge in [-0.1, -0.05) is 23.7 Å². The molecule has 5 rings (SSSR count). The smallest absolute Gasteiger partial charge is 0.128 e. The number of ether oxygens (including phenoxy) is 1. The number of aromatic amines is 1. The fraction of sp³-hybridized carbons (Fsp3) is 0.280. The number of thiophene rings is 1. The Balaban J connectivity index is 1.21. The van der Waals surface area contributed by atoms with Gasteiger partial charge in [0.15, 0.2) is 0 Å². The molecule has 1 aliphatic heterocycles. The first kappa shape index (κ1) is 20.6. The van der Waals surface area contributed by atoms with Crippen molar-refractivity contribution in [3.8, 4) is 5.75 Å². The fourth-order valence-electron chi connectivity index (χ4n) is 4.26. The molecule has 0 spiro atoms. The van der Waals surface area contributed by atoms with Gasteiger partial charge >= 0.3 is 0 Å². The Bertz CT molecular complexity index is 1240. The van der Waals surface area contributed by atoms with Crippen LogP contribution in [0.15, 0.2) is 60.8 Å². The number of fused-ring (bicyclic) bond motifs is 2. The first-order chi connectivity index (χ1) is 15.1. The normalized spacial score (nSPS) is 18.4. The number of hydrogen-bond donors (Lipinski definition) is 2. The number of β-amino-alcohol motifs (C(OH)–C–C–N with tert-alkyl or cyclic N) is 1. The molecule has 0 aliphatic carbocycles. The second-order valence-electron chi connectivity index (χ2n) is 8.19. The maximum absolute atomic E-state index is 10.6. The van der Waals surface area contributed by atoms with Gasteiger partial charge in [-0.3, -0.25) is 4.90 Å². The van der Waals surface area contributed by atoms with Gasteiger partial charge in [0.1, 0.15) is 18.5 Å². The monoisotopic (exact) mass is 452 g/mol. The summed E-state index contributed by atoms with van der Waals surface area (Å²) in [6, 6.07) is 16.6. The lowest BCUT2D eigenvalue weighted by Gasteiger charge is -2.34. The Kier molecular flexibility index (Phi) is 5.76. The van der Waals surface area contributed by atoms with Gasteiger partial charge in [0.05, 0.1) is 0 Å². The van der Waals surface area contributed by atoms with E-state index in [1.165, 1.54) is 20.5 Å². The van der Waals surface area contributed by atoms with E-state index in [1.54, 1.807) is 0 Å². The number of nitrogens with one attached hydrogen (secondary N) is 1. The SMILES string of the molecule is CC1CC(c2cc3cc(Cl)ccc3s2)=CCN1CC(O)COc1cccc2[nH]ccc12. The summed E-state index contributed by atoms with van der Waals surface area (Å²) >= 11 is 7.96. The molecule has 2 unspecified atom stereocenters. The van der Waals surface area contributed by atoms with Crippen molar-refractivity contribution >= 4 is 49.5 Å². The Hall–Kier alpha value is -2.31. The second kappa shape index (κ2) is 8.67. The van der Waals surface area contributed by atoms with Gasteiger partial charge in [0.2, 0.25) is 0 Å². The van der Waals surface area contributed by atoms with E-state index < -0.39 is 6.10 Å². The van der Waals surface area contributed by atoms with Crippen molar-refractivity contribution in [2.45, 2.75) is 25.5 Å². The fourth-order valence-corrected chi connectivity index (χ4v) is 5.53. The van der Waals surface area contributed by atoms with Crippen molar-refractivity contribution in [2.75, 3.05) is 19.7 Å². The topological polar surface area (TPSA) is 48.5 Å². The van der Waals surface area contributed by atoms with Crippen molar-refractivity contribution in [1.82, 2.24) is 9.88 Å². The molecule has 4 aromatic rings. The average molecular weight is 453 g/mol. The van der Waals surface area contributed by atoms with E-state index in [4.69, 9.17) is 16.3 Å². The highest BCUT2D eigenvalue weighted by Gasteiger charge is 2.23. The summed E-state index contributed by atoms with van der Waals surface area (Å²) in [7, 11) is 0. The molecule has 31 heavy (non-hydrogen) atoms. The number of rotatable bonds is 6. The molecule has 0 saturated carbocycles. The minimum Gasteiger partial charge on any atom is -0.490 e. The van der Waals surface area contributed by atoms with Crippen molar-refractivity contribution in [3.63, 3.8) is 0 Å². The van der Waals surface area contributed by atoms with Crippen LogP contribution in [0.3, 0.4) is 0 Å². The van der Waals surface area contributed by atoms with Crippen LogP contribution in [-0.2, 0) is 0 Å². The zero-order valence-electron chi connectivity index (χ0n) is 17.3. The summed E-state index contributed by atoms with van der Waals surface area (Å²) in [5.74, 6) is 0.802. The van der Waals surface area contributed by atoms with Gasteiger partial charge in [0.25, 0.3) is 0 Å². The molecule has 2 aromatic carbocycles. The standard InChI is InChI=1S/C25H25ClN2O2S/c1-16-11-17(25-13-18-12-19(26)5-6-24(18)31-25)8-10-28(16)14-20(29)15-30-23-4-2-3-22-21(23)7-9-27-22/h2-9,12-13,16,20,27,29H,10-11,14-15H2,1H3. The van der Waals surface area contributed by atoms with E-state index in [0.717, 1.165) is 34.6 Å². The number of nitrogens with zero attached hydrogens (tertiary/aromatic N) is 1. The van der Waals surface area contributed by atoms with Crippen molar-refractivity contribution < 1.29 is 9.84 Å². The number of aliphatic hydroxyl groups excluding tert-OH is 1. The van der Waals surface area contributed by atoms with Crippen LogP contribution in [0.2, 0.25) is 5.02 Å². The molecular weight excluding hydrogens is 428 g/mol. The molecule has 3 heterocycles. The molecule has 160 valence electrons. The molecule has 2 atom stereocenters. The number of aliphatic hydroxyl groups is 1. The third kappa shape index (κ3) is 4.37. The Morgan fingerprint density at radius 1 is 1.26 bits per heavy atom. The van der Waals surface area contributed by atoms with E-state index in [1.807, 2.05) is 53.9 Å². The Morgan fingerprint density at radius 2 is 2.16 bits per heavy atom. The number of H-pyrrole nitrogens is 1. The van der Waals surface area contributed by atoms with E-state index in [9.17, 15) is 5.11 Å². The van der Waals surface area contributed by atoms with Crippen LogP contribution in [0.1, 0.15) is 18.2 Å². The van der Waals surface area contributed by atoms with E-state index in [0.29, 0.717) is 12.6 Å². The molecule has 1 aliphatic rings. The van der Waals surface area contributed by atoms with Gasteiger partial charge in [-0.2, -0.15) is 0 Å². The number of benzene rings is 2. The maximum atomic E-state index is 10.6. The van der Waals surface area contributed by atoms with Crippen LogP contribution < -0.4 is 4.74 Å². The molecule has 2 N–H and O–H groups in total. The molecule has 0 radical (unpaired) electrons. The van der Waals surface area contributed by atoms with Crippen LogP contribution in [0.5, 0.6) is 5.75 Å². The summed E-state index contributed by atoms with van der Waals surface area (Å²) in [6.07, 6.45) is 4.62. The van der Waals surface area contributed by atoms with Crippen molar-refractivity contribution in [3.05, 3.63) is 70.7 Å². The third-order valence-corrected chi connectivity index (χ3v) is 7.36. The van der Waals surface area contributed by atoms with Crippen LogP contribution in [-0.4, -0.2) is 46.8 Å². The van der Waals surface area contributed by atoms with Gasteiger partial charge < -0.3 is 14.8 Å². The van der Waals surface area contributed by atoms with Crippen LogP contribution in [0.4, 0.5) is 0 Å². The van der Waals surface area contributed by atoms with Gasteiger partial charge in [0, 0.05) is 50.8 Å². The second-order valence-corrected chi connectivity index (χ2v) is 9.71. The summed E-state index contributed by atoms with van der Waals surface area (Å²) in [5.41, 5.74) is 2.42. The first-order valence-electron chi connectivity index (χ1n) is 10.6. The van der Waals surface area contributed by atoms with Gasteiger partial charge in [-0.05, 0) is 66.8 Å². The summed E-state index contributed by atoms with van der Waals surface area (Å²) in [5, 5.41) is 13.6. The zero-order chi connectivity index (χ0) is 21.4. The summed E-state index contributed by atoms with van der Waals surface area (Å²) in [4.78, 5) is 6.82. The average Bonchev–Trinajstić information content (AvgIpc) is 3.40. The summed E-state index contributed by atoms with van der Waals surface area (Å²) in [6.45, 7) is 3.93.